The number of amides is 3. The van der Waals surface area contributed by atoms with Gasteiger partial charge in [0.05, 0.1) is 27.0 Å². The van der Waals surface area contributed by atoms with Crippen LogP contribution in [-0.2, 0) is 16.1 Å². The normalized spacial score (nSPS) is 14.2. The van der Waals surface area contributed by atoms with Gasteiger partial charge in [0, 0.05) is 17.6 Å². The number of methoxy groups -OCH3 is 2. The summed E-state index contributed by atoms with van der Waals surface area (Å²) in [5.41, 5.74) is 1.12. The summed E-state index contributed by atoms with van der Waals surface area (Å²) < 4.78 is 16.0. The van der Waals surface area contributed by atoms with Crippen LogP contribution in [0.4, 0.5) is 0 Å². The van der Waals surface area contributed by atoms with E-state index in [0.717, 1.165) is 32.1 Å². The average molecular weight is 568 g/mol. The number of benzene rings is 2. The number of hydrogen-bond acceptors (Lipinski definition) is 6. The van der Waals surface area contributed by atoms with Gasteiger partial charge in [-0.2, -0.15) is 0 Å². The SMILES string of the molecule is COc1ccc([C@@H](NC(=O)c2ccco2)C(=O)N(CC(=O)NC2CCCCC2)Cc2ccccc2Cl)cc1OC. The summed E-state index contributed by atoms with van der Waals surface area (Å²) >= 11 is 6.44. The molecule has 2 aromatic carbocycles. The monoisotopic (exact) mass is 567 g/mol. The second kappa shape index (κ2) is 13.9. The Morgan fingerprint density at radius 3 is 2.42 bits per heavy atom. The van der Waals surface area contributed by atoms with Crippen LogP contribution in [0.15, 0.2) is 65.3 Å². The van der Waals surface area contributed by atoms with E-state index < -0.39 is 17.9 Å². The Balaban J connectivity index is 1.67. The number of carbonyl (C=O) groups is 3. The lowest BCUT2D eigenvalue weighted by Gasteiger charge is -2.30. The lowest BCUT2D eigenvalue weighted by atomic mass is 9.95. The number of nitrogens with one attached hydrogen (secondary N) is 2. The maximum Gasteiger partial charge on any atom is 0.287 e. The summed E-state index contributed by atoms with van der Waals surface area (Å²) in [6.45, 7) is -0.141. The van der Waals surface area contributed by atoms with E-state index in [4.69, 9.17) is 25.5 Å². The first-order chi connectivity index (χ1) is 19.4. The first kappa shape index (κ1) is 29.0. The van der Waals surface area contributed by atoms with E-state index in [1.807, 2.05) is 6.07 Å². The van der Waals surface area contributed by atoms with Gasteiger partial charge in [-0.1, -0.05) is 55.1 Å². The maximum atomic E-state index is 14.2. The molecule has 10 heteroatoms. The molecule has 1 aliphatic carbocycles. The highest BCUT2D eigenvalue weighted by Gasteiger charge is 2.31. The summed E-state index contributed by atoms with van der Waals surface area (Å²) in [5, 5.41) is 6.32. The fourth-order valence-corrected chi connectivity index (χ4v) is 5.05. The topological polar surface area (TPSA) is 110 Å². The third kappa shape index (κ3) is 7.35. The molecule has 3 amide bonds. The van der Waals surface area contributed by atoms with Crippen molar-refractivity contribution in [3.8, 4) is 11.5 Å². The second-order valence-electron chi connectivity index (χ2n) is 9.69. The Bertz CT molecular complexity index is 1310. The van der Waals surface area contributed by atoms with Crippen LogP contribution >= 0.6 is 11.6 Å². The standard InChI is InChI=1S/C30H34ClN3O6/c1-38-24-15-14-20(17-26(24)39-2)28(33-29(36)25-13-8-16-40-25)30(37)34(18-21-9-6-7-12-23(21)31)19-27(35)32-22-10-4-3-5-11-22/h6-9,12-17,22,28H,3-5,10-11,18-19H2,1-2H3,(H,32,35)(H,33,36)/t28-/m1/s1. The largest absolute Gasteiger partial charge is 0.493 e. The van der Waals surface area contributed by atoms with Crippen LogP contribution in [0, 0.1) is 0 Å². The minimum Gasteiger partial charge on any atom is -0.493 e. The van der Waals surface area contributed by atoms with E-state index >= 15 is 0 Å². The van der Waals surface area contributed by atoms with Gasteiger partial charge in [-0.05, 0) is 54.3 Å². The molecule has 3 aromatic rings. The molecule has 1 heterocycles. The lowest BCUT2D eigenvalue weighted by Crippen LogP contribution is -2.48. The summed E-state index contributed by atoms with van der Waals surface area (Å²) in [5.74, 6) is -0.442. The van der Waals surface area contributed by atoms with Crippen LogP contribution in [-0.4, -0.2) is 49.4 Å². The van der Waals surface area contributed by atoms with Crippen molar-refractivity contribution in [3.63, 3.8) is 0 Å². The minimum atomic E-state index is -1.16. The van der Waals surface area contributed by atoms with Gasteiger partial charge in [0.15, 0.2) is 17.3 Å². The molecule has 40 heavy (non-hydrogen) atoms. The number of nitrogens with zero attached hydrogens (tertiary/aromatic N) is 1. The fraction of sp³-hybridized carbons (Fsp3) is 0.367. The molecule has 4 rings (SSSR count). The van der Waals surface area contributed by atoms with E-state index in [1.165, 1.54) is 31.4 Å². The van der Waals surface area contributed by atoms with E-state index in [0.29, 0.717) is 27.6 Å². The van der Waals surface area contributed by atoms with Crippen molar-refractivity contribution in [2.24, 2.45) is 0 Å². The molecule has 0 aliphatic heterocycles. The summed E-state index contributed by atoms with van der Waals surface area (Å²) in [6.07, 6.45) is 6.49. The van der Waals surface area contributed by atoms with Crippen LogP contribution in [0.25, 0.3) is 0 Å². The third-order valence-electron chi connectivity index (χ3n) is 6.94. The quantitative estimate of drug-likeness (QED) is 0.341. The number of rotatable bonds is 11. The number of furan rings is 1. The fourth-order valence-electron chi connectivity index (χ4n) is 4.85. The molecule has 0 unspecified atom stereocenters. The molecule has 0 bridgehead atoms. The lowest BCUT2D eigenvalue weighted by molar-refractivity contribution is -0.138. The zero-order chi connectivity index (χ0) is 28.5. The molecule has 0 radical (unpaired) electrons. The Kier molecular flexibility index (Phi) is 10.1. The molecular formula is C30H34ClN3O6. The first-order valence-electron chi connectivity index (χ1n) is 13.3. The molecule has 1 aromatic heterocycles. The van der Waals surface area contributed by atoms with Crippen LogP contribution in [0.2, 0.25) is 5.02 Å². The van der Waals surface area contributed by atoms with Crippen molar-refractivity contribution in [3.05, 3.63) is 82.8 Å². The van der Waals surface area contributed by atoms with Gasteiger partial charge >= 0.3 is 0 Å². The Hall–Kier alpha value is -3.98. The zero-order valence-electron chi connectivity index (χ0n) is 22.7. The Morgan fingerprint density at radius 1 is 1.00 bits per heavy atom. The minimum absolute atomic E-state index is 0.0472. The highest BCUT2D eigenvalue weighted by atomic mass is 35.5. The van der Waals surface area contributed by atoms with Gasteiger partial charge in [-0.25, -0.2) is 0 Å². The van der Waals surface area contributed by atoms with E-state index in [2.05, 4.69) is 10.6 Å². The van der Waals surface area contributed by atoms with Crippen LogP contribution in [0.5, 0.6) is 11.5 Å². The number of halogens is 1. The van der Waals surface area contributed by atoms with Gasteiger partial charge < -0.3 is 29.4 Å². The van der Waals surface area contributed by atoms with Crippen molar-refractivity contribution in [1.82, 2.24) is 15.5 Å². The molecular weight excluding hydrogens is 534 g/mol. The molecule has 9 nitrogen and oxygen atoms in total. The van der Waals surface area contributed by atoms with Gasteiger partial charge in [-0.15, -0.1) is 0 Å². The van der Waals surface area contributed by atoms with E-state index in [-0.39, 0.29) is 30.8 Å². The zero-order valence-corrected chi connectivity index (χ0v) is 23.4. The molecule has 2 N–H and O–H groups in total. The summed E-state index contributed by atoms with van der Waals surface area (Å²) in [7, 11) is 2.99. The van der Waals surface area contributed by atoms with Gasteiger partial charge in [-0.3, -0.25) is 14.4 Å². The molecule has 1 saturated carbocycles. The van der Waals surface area contributed by atoms with Gasteiger partial charge in [0.25, 0.3) is 11.8 Å². The van der Waals surface area contributed by atoms with Crippen molar-refractivity contribution in [1.29, 1.82) is 0 Å². The van der Waals surface area contributed by atoms with Gasteiger partial charge in [0.1, 0.15) is 6.04 Å². The highest BCUT2D eigenvalue weighted by molar-refractivity contribution is 6.31. The number of ether oxygens (including phenoxy) is 2. The Morgan fingerprint density at radius 2 is 1.75 bits per heavy atom. The molecule has 0 saturated heterocycles. The van der Waals surface area contributed by atoms with Gasteiger partial charge in [0.2, 0.25) is 5.91 Å². The third-order valence-corrected chi connectivity index (χ3v) is 7.31. The maximum absolute atomic E-state index is 14.2. The van der Waals surface area contributed by atoms with Crippen LogP contribution in [0.1, 0.15) is 59.8 Å². The summed E-state index contributed by atoms with van der Waals surface area (Å²) in [6, 6.07) is 14.1. The van der Waals surface area contributed by atoms with Crippen molar-refractivity contribution in [2.45, 2.75) is 50.7 Å². The molecule has 1 fully saturated rings. The van der Waals surface area contributed by atoms with Crippen molar-refractivity contribution in [2.75, 3.05) is 20.8 Å². The second-order valence-corrected chi connectivity index (χ2v) is 10.1. The van der Waals surface area contributed by atoms with Crippen molar-refractivity contribution < 1.29 is 28.3 Å². The number of hydrogen-bond donors (Lipinski definition) is 2. The van der Waals surface area contributed by atoms with Crippen LogP contribution in [0.3, 0.4) is 0 Å². The van der Waals surface area contributed by atoms with Crippen LogP contribution < -0.4 is 20.1 Å². The predicted molar refractivity (Wildman–Crippen MR) is 150 cm³/mol. The predicted octanol–water partition coefficient (Wildman–Crippen LogP) is 4.90. The molecule has 212 valence electrons. The average Bonchev–Trinajstić information content (AvgIpc) is 3.52. The summed E-state index contributed by atoms with van der Waals surface area (Å²) in [4.78, 5) is 41.9. The molecule has 0 spiro atoms. The Labute approximate surface area is 238 Å². The van der Waals surface area contributed by atoms with E-state index in [1.54, 1.807) is 42.5 Å². The number of carbonyl (C=O) groups excluding carboxylic acids is 3. The van der Waals surface area contributed by atoms with E-state index in [9.17, 15) is 14.4 Å². The smallest absolute Gasteiger partial charge is 0.287 e. The molecule has 1 atom stereocenters. The highest BCUT2D eigenvalue weighted by Crippen LogP contribution is 2.31. The molecule has 1 aliphatic rings. The first-order valence-corrected chi connectivity index (χ1v) is 13.6. The van der Waals surface area contributed by atoms with Crippen molar-refractivity contribution >= 4 is 29.3 Å².